The van der Waals surface area contributed by atoms with Crippen molar-refractivity contribution >= 4 is 118 Å². The molecule has 0 bridgehead atoms. The van der Waals surface area contributed by atoms with Crippen molar-refractivity contribution < 1.29 is 4.42 Å². The standard InChI is InChI=1S/C61H34N4OS2/c1-2-15-36-33-50-48(32-35(36)14-1)38-16-3-7-24-49(38)65(50)37-30-31-42(47(34-37)41-21-11-20-40-39-17-4-8-25-51(39)66-58(40)41)59-62-60(45-22-12-28-54-56(45)43-18-5-9-26-52(43)67-54)64-61(63-59)46-23-13-29-55-57(46)44-19-6-10-27-53(44)68-55/h1-34H. The first-order valence-electron chi connectivity index (χ1n) is 22.7. The van der Waals surface area contributed by atoms with Crippen molar-refractivity contribution in [2.75, 3.05) is 0 Å². The molecule has 0 aliphatic carbocycles. The lowest BCUT2D eigenvalue weighted by molar-refractivity contribution is 0.670. The van der Waals surface area contributed by atoms with Crippen molar-refractivity contribution in [2.45, 2.75) is 0 Å². The van der Waals surface area contributed by atoms with Crippen LogP contribution in [-0.4, -0.2) is 19.5 Å². The topological polar surface area (TPSA) is 56.7 Å². The lowest BCUT2D eigenvalue weighted by Crippen LogP contribution is -2.02. The Labute approximate surface area is 396 Å². The number of furan rings is 1. The smallest absolute Gasteiger partial charge is 0.164 e. The summed E-state index contributed by atoms with van der Waals surface area (Å²) in [6, 6.07) is 73.7. The molecule has 10 aromatic carbocycles. The van der Waals surface area contributed by atoms with Crippen molar-refractivity contribution in [3.63, 3.8) is 0 Å². The molecule has 15 rings (SSSR count). The van der Waals surface area contributed by atoms with E-state index >= 15 is 0 Å². The van der Waals surface area contributed by atoms with Gasteiger partial charge in [0.15, 0.2) is 17.5 Å². The molecule has 0 atom stereocenters. The molecule has 0 spiro atoms. The van der Waals surface area contributed by atoms with Gasteiger partial charge in [-0.2, -0.15) is 0 Å². The first kappa shape index (κ1) is 37.7. The summed E-state index contributed by atoms with van der Waals surface area (Å²) in [7, 11) is 0. The number of thiophene rings is 2. The minimum absolute atomic E-state index is 0.584. The second-order valence-corrected chi connectivity index (χ2v) is 19.6. The van der Waals surface area contributed by atoms with Gasteiger partial charge in [-0.15, -0.1) is 22.7 Å². The van der Waals surface area contributed by atoms with Crippen molar-refractivity contribution in [2.24, 2.45) is 0 Å². The van der Waals surface area contributed by atoms with Crippen LogP contribution in [0.5, 0.6) is 0 Å². The van der Waals surface area contributed by atoms with Gasteiger partial charge in [-0.3, -0.25) is 0 Å². The van der Waals surface area contributed by atoms with Gasteiger partial charge >= 0.3 is 0 Å². The van der Waals surface area contributed by atoms with E-state index in [-0.39, 0.29) is 0 Å². The van der Waals surface area contributed by atoms with Gasteiger partial charge in [0.2, 0.25) is 0 Å². The number of nitrogens with zero attached hydrogens (tertiary/aromatic N) is 4. The molecule has 5 heterocycles. The van der Waals surface area contributed by atoms with Crippen LogP contribution in [0.2, 0.25) is 0 Å². The molecule has 0 fully saturated rings. The predicted octanol–water partition coefficient (Wildman–Crippen LogP) is 17.4. The van der Waals surface area contributed by atoms with Crippen LogP contribution in [0.4, 0.5) is 0 Å². The zero-order chi connectivity index (χ0) is 44.5. The number of hydrogen-bond acceptors (Lipinski definition) is 6. The molecule has 5 aromatic heterocycles. The number of fused-ring (bicyclic) bond motifs is 13. The Morgan fingerprint density at radius 3 is 1.57 bits per heavy atom. The van der Waals surface area contributed by atoms with Crippen LogP contribution >= 0.6 is 22.7 Å². The van der Waals surface area contributed by atoms with Crippen molar-refractivity contribution in [1.29, 1.82) is 0 Å². The summed E-state index contributed by atoms with van der Waals surface area (Å²) in [5.74, 6) is 1.84. The van der Waals surface area contributed by atoms with E-state index < -0.39 is 0 Å². The molecule has 0 aliphatic heterocycles. The van der Waals surface area contributed by atoms with E-state index in [9.17, 15) is 0 Å². The van der Waals surface area contributed by atoms with Crippen LogP contribution in [0.3, 0.4) is 0 Å². The molecule has 0 aliphatic rings. The zero-order valence-electron chi connectivity index (χ0n) is 36.1. The van der Waals surface area contributed by atoms with Gasteiger partial charge in [0.05, 0.1) is 11.0 Å². The summed E-state index contributed by atoms with van der Waals surface area (Å²) in [5, 5.41) is 11.6. The molecule has 0 N–H and O–H groups in total. The van der Waals surface area contributed by atoms with E-state index in [0.717, 1.165) is 77.2 Å². The molecule has 5 nitrogen and oxygen atoms in total. The highest BCUT2D eigenvalue weighted by Gasteiger charge is 2.24. The van der Waals surface area contributed by atoms with Crippen LogP contribution < -0.4 is 0 Å². The van der Waals surface area contributed by atoms with Gasteiger partial charge in [-0.25, -0.2) is 15.0 Å². The first-order chi connectivity index (χ1) is 33.7. The number of benzene rings is 10. The van der Waals surface area contributed by atoms with Gasteiger partial charge in [0.1, 0.15) is 11.2 Å². The van der Waals surface area contributed by atoms with Gasteiger partial charge in [0.25, 0.3) is 0 Å². The Bertz CT molecular complexity index is 4460. The summed E-state index contributed by atoms with van der Waals surface area (Å²) in [5.41, 5.74) is 9.71. The molecular weight excluding hydrogens is 869 g/mol. The van der Waals surface area contributed by atoms with Crippen LogP contribution in [0, 0.1) is 0 Å². The fourth-order valence-corrected chi connectivity index (χ4v) is 12.9. The summed E-state index contributed by atoms with van der Waals surface area (Å²) < 4.78 is 14.1. The fraction of sp³-hybridized carbons (Fsp3) is 0. The van der Waals surface area contributed by atoms with Crippen LogP contribution in [-0.2, 0) is 0 Å². The lowest BCUT2D eigenvalue weighted by Gasteiger charge is -2.16. The summed E-state index contributed by atoms with van der Waals surface area (Å²) >= 11 is 3.60. The van der Waals surface area contributed by atoms with Gasteiger partial charge < -0.3 is 8.98 Å². The molecule has 0 radical (unpaired) electrons. The van der Waals surface area contributed by atoms with Gasteiger partial charge in [-0.05, 0) is 83.1 Å². The highest BCUT2D eigenvalue weighted by molar-refractivity contribution is 7.26. The maximum Gasteiger partial charge on any atom is 0.164 e. The van der Waals surface area contributed by atoms with E-state index in [4.69, 9.17) is 19.4 Å². The molecule has 0 unspecified atom stereocenters. The molecule has 68 heavy (non-hydrogen) atoms. The van der Waals surface area contributed by atoms with Crippen LogP contribution in [0.15, 0.2) is 211 Å². The quantitative estimate of drug-likeness (QED) is 0.173. The minimum Gasteiger partial charge on any atom is -0.455 e. The lowest BCUT2D eigenvalue weighted by atomic mass is 9.96. The molecule has 7 heteroatoms. The molecule has 0 saturated heterocycles. The number of para-hydroxylation sites is 3. The van der Waals surface area contributed by atoms with Gasteiger partial charge in [-0.1, -0.05) is 140 Å². The van der Waals surface area contributed by atoms with E-state index in [1.807, 2.05) is 12.1 Å². The second-order valence-electron chi connectivity index (χ2n) is 17.4. The highest BCUT2D eigenvalue weighted by atomic mass is 32.1. The van der Waals surface area contributed by atoms with Crippen molar-refractivity contribution in [3.05, 3.63) is 206 Å². The van der Waals surface area contributed by atoms with Gasteiger partial charge in [0, 0.05) is 89.8 Å². The average molecular weight is 903 g/mol. The van der Waals surface area contributed by atoms with E-state index in [2.05, 4.69) is 199 Å². The number of rotatable bonds is 5. The average Bonchev–Trinajstić information content (AvgIpc) is 4.16. The van der Waals surface area contributed by atoms with E-state index in [0.29, 0.717) is 17.5 Å². The molecule has 316 valence electrons. The minimum atomic E-state index is 0.584. The number of hydrogen-bond donors (Lipinski definition) is 0. The Morgan fingerprint density at radius 1 is 0.338 bits per heavy atom. The summed E-state index contributed by atoms with van der Waals surface area (Å²) in [4.78, 5) is 16.6. The first-order valence-corrected chi connectivity index (χ1v) is 24.4. The maximum atomic E-state index is 6.84. The zero-order valence-corrected chi connectivity index (χ0v) is 37.8. The monoisotopic (exact) mass is 902 g/mol. The third-order valence-electron chi connectivity index (χ3n) is 13.7. The highest BCUT2D eigenvalue weighted by Crippen LogP contribution is 2.45. The van der Waals surface area contributed by atoms with E-state index in [1.165, 1.54) is 51.1 Å². The van der Waals surface area contributed by atoms with E-state index in [1.54, 1.807) is 22.7 Å². The van der Waals surface area contributed by atoms with Crippen molar-refractivity contribution in [3.8, 4) is 51.0 Å². The maximum absolute atomic E-state index is 6.84. The fourth-order valence-electron chi connectivity index (χ4n) is 10.6. The third kappa shape index (κ3) is 5.57. The van der Waals surface area contributed by atoms with Crippen molar-refractivity contribution in [1.82, 2.24) is 19.5 Å². The summed E-state index contributed by atoms with van der Waals surface area (Å²) in [6.45, 7) is 0. The van der Waals surface area contributed by atoms with Crippen LogP contribution in [0.1, 0.15) is 0 Å². The Balaban J connectivity index is 1.05. The third-order valence-corrected chi connectivity index (χ3v) is 15.9. The second kappa shape index (κ2) is 14.5. The normalized spacial score (nSPS) is 12.1. The Hall–Kier alpha value is -8.49. The Kier molecular flexibility index (Phi) is 8.04. The predicted molar refractivity (Wildman–Crippen MR) is 286 cm³/mol. The molecular formula is C61H34N4OS2. The SMILES string of the molecule is c1ccc2cc3c(cc2c1)c1ccccc1n3-c1ccc(-c2nc(-c3cccc4sc5ccccc5c34)nc(-c3cccc4sc5ccccc5c34)n2)c(-c2cccc3c2oc2ccccc23)c1. The summed E-state index contributed by atoms with van der Waals surface area (Å²) in [6.07, 6.45) is 0. The largest absolute Gasteiger partial charge is 0.455 e. The molecule has 0 saturated carbocycles. The Morgan fingerprint density at radius 2 is 0.868 bits per heavy atom. The number of aromatic nitrogens is 4. The molecule has 15 aromatic rings. The van der Waals surface area contributed by atoms with Crippen LogP contribution in [0.25, 0.3) is 146 Å². The molecule has 0 amide bonds.